The van der Waals surface area contributed by atoms with E-state index < -0.39 is 17.8 Å². The highest BCUT2D eigenvalue weighted by atomic mass is 19.1. The molecule has 8 nitrogen and oxygen atoms in total. The Morgan fingerprint density at radius 2 is 1.94 bits per heavy atom. The van der Waals surface area contributed by atoms with Gasteiger partial charge in [0.1, 0.15) is 29.9 Å². The molecular formula is C36H38F3N5O3. The van der Waals surface area contributed by atoms with Gasteiger partial charge in [0.25, 0.3) is 0 Å². The maximum Gasteiger partial charge on any atom is 0.319 e. The number of aromatic hydroxyl groups is 1. The third kappa shape index (κ3) is 5.04. The Kier molecular flexibility index (Phi) is 7.11. The first-order valence-electron chi connectivity index (χ1n) is 17.0. The molecule has 3 aromatic carbocycles. The molecule has 9 rings (SSSR count). The summed E-state index contributed by atoms with van der Waals surface area (Å²) in [4.78, 5) is 11.5. The van der Waals surface area contributed by atoms with Crippen molar-refractivity contribution in [1.29, 1.82) is 0 Å². The first kappa shape index (κ1) is 29.3. The van der Waals surface area contributed by atoms with Crippen LogP contribution in [0.5, 0.6) is 17.5 Å². The number of anilines is 1. The summed E-state index contributed by atoms with van der Waals surface area (Å²) in [5, 5.41) is 19.2. The number of halogens is 3. The third-order valence-electron chi connectivity index (χ3n) is 10.8. The van der Waals surface area contributed by atoms with Crippen LogP contribution in [0.2, 0.25) is 0 Å². The lowest BCUT2D eigenvalue weighted by molar-refractivity contribution is 0.166. The van der Waals surface area contributed by atoms with E-state index in [1.807, 2.05) is 18.2 Å². The molecule has 1 saturated carbocycles. The van der Waals surface area contributed by atoms with Crippen LogP contribution in [0.15, 0.2) is 30.3 Å². The average molecular weight is 646 g/mol. The summed E-state index contributed by atoms with van der Waals surface area (Å²) in [5.41, 5.74) is 0.898. The second-order valence-electron chi connectivity index (χ2n) is 14.0. The van der Waals surface area contributed by atoms with Crippen LogP contribution < -0.4 is 25.0 Å². The second kappa shape index (κ2) is 11.4. The maximum absolute atomic E-state index is 17.2. The van der Waals surface area contributed by atoms with E-state index in [0.717, 1.165) is 56.0 Å². The van der Waals surface area contributed by atoms with Gasteiger partial charge in [0.15, 0.2) is 17.4 Å². The summed E-state index contributed by atoms with van der Waals surface area (Å²) in [6.45, 7) is 2.06. The molecule has 5 atom stereocenters. The number of phenolic OH excluding ortho intramolecular Hbond substituents is 1. The van der Waals surface area contributed by atoms with Crippen molar-refractivity contribution in [2.75, 3.05) is 37.7 Å². The summed E-state index contributed by atoms with van der Waals surface area (Å²) in [6.07, 6.45) is 5.00. The summed E-state index contributed by atoms with van der Waals surface area (Å²) in [7, 11) is 0. The van der Waals surface area contributed by atoms with E-state index in [9.17, 15) is 9.50 Å². The molecule has 0 amide bonds. The first-order valence-corrected chi connectivity index (χ1v) is 17.0. The number of benzene rings is 3. The number of alkyl halides is 1. The normalized spacial score (nSPS) is 27.2. The van der Waals surface area contributed by atoms with Gasteiger partial charge in [-0.05, 0) is 97.4 Å². The molecule has 3 unspecified atom stereocenters. The smallest absolute Gasteiger partial charge is 0.319 e. The quantitative estimate of drug-likeness (QED) is 0.239. The zero-order valence-electron chi connectivity index (χ0n) is 26.1. The summed E-state index contributed by atoms with van der Waals surface area (Å²) in [5.74, 6) is -1.20. The van der Waals surface area contributed by atoms with E-state index in [-0.39, 0.29) is 76.8 Å². The highest BCUT2D eigenvalue weighted by Gasteiger charge is 2.45. The molecular weight excluding hydrogens is 607 g/mol. The SMILES string of the molecule is Oc1cc(-c2c(F)c3c4c(nc(OC[C@H]5CCCNC[C@H](F)C5)nc4c2F)N2CC4CCC(N4)C2CO3)c2c(C3CC3)cccc2c1. The minimum absolute atomic E-state index is 0.0172. The van der Waals surface area contributed by atoms with Crippen molar-refractivity contribution in [2.24, 2.45) is 5.92 Å². The molecule has 11 heteroatoms. The molecule has 4 aromatic rings. The number of rotatable bonds is 5. The third-order valence-corrected chi connectivity index (χ3v) is 10.8. The fraction of sp³-hybridized carbons (Fsp3) is 0.500. The van der Waals surface area contributed by atoms with E-state index in [1.54, 1.807) is 6.07 Å². The van der Waals surface area contributed by atoms with Crippen molar-refractivity contribution in [2.45, 2.75) is 75.2 Å². The molecule has 1 aromatic heterocycles. The Labute approximate surface area is 270 Å². The van der Waals surface area contributed by atoms with E-state index in [4.69, 9.17) is 14.5 Å². The molecule has 47 heavy (non-hydrogen) atoms. The minimum atomic E-state index is -0.983. The summed E-state index contributed by atoms with van der Waals surface area (Å²) in [6, 6.07) is 9.03. The van der Waals surface area contributed by atoms with Crippen LogP contribution in [0.1, 0.15) is 56.4 Å². The van der Waals surface area contributed by atoms with Gasteiger partial charge in [-0.2, -0.15) is 9.97 Å². The fourth-order valence-corrected chi connectivity index (χ4v) is 8.44. The highest BCUT2D eigenvalue weighted by Crippen LogP contribution is 2.50. The number of ether oxygens (including phenoxy) is 2. The van der Waals surface area contributed by atoms with Gasteiger partial charge in [0.05, 0.1) is 23.6 Å². The van der Waals surface area contributed by atoms with Crippen molar-refractivity contribution in [3.8, 4) is 28.6 Å². The van der Waals surface area contributed by atoms with Gasteiger partial charge in [-0.3, -0.25) is 0 Å². The number of phenols is 1. The Bertz CT molecular complexity index is 1890. The number of fused-ring (bicyclic) bond motifs is 6. The Morgan fingerprint density at radius 3 is 2.81 bits per heavy atom. The van der Waals surface area contributed by atoms with Crippen molar-refractivity contribution in [1.82, 2.24) is 20.6 Å². The van der Waals surface area contributed by atoms with Crippen LogP contribution in [-0.4, -0.2) is 72.2 Å². The van der Waals surface area contributed by atoms with Crippen LogP contribution in [0.3, 0.4) is 0 Å². The monoisotopic (exact) mass is 645 g/mol. The lowest BCUT2D eigenvalue weighted by Gasteiger charge is -2.40. The fourth-order valence-electron chi connectivity index (χ4n) is 8.44. The van der Waals surface area contributed by atoms with Gasteiger partial charge in [0, 0.05) is 25.2 Å². The molecule has 3 N–H and O–H groups in total. The Balaban J connectivity index is 1.23. The van der Waals surface area contributed by atoms with Crippen molar-refractivity contribution >= 4 is 27.5 Å². The molecule has 2 bridgehead atoms. The van der Waals surface area contributed by atoms with E-state index in [0.29, 0.717) is 36.6 Å². The van der Waals surface area contributed by atoms with Crippen LogP contribution in [-0.2, 0) is 0 Å². The van der Waals surface area contributed by atoms with Gasteiger partial charge >= 0.3 is 6.01 Å². The molecule has 5 aliphatic rings. The zero-order chi connectivity index (χ0) is 31.8. The lowest BCUT2D eigenvalue weighted by atomic mass is 9.91. The predicted molar refractivity (Wildman–Crippen MR) is 173 cm³/mol. The number of piperazine rings is 1. The number of aromatic nitrogens is 2. The lowest BCUT2D eigenvalue weighted by Crippen LogP contribution is -2.60. The Hall–Kier alpha value is -3.83. The van der Waals surface area contributed by atoms with Gasteiger partial charge in [-0.25, -0.2) is 13.2 Å². The highest BCUT2D eigenvalue weighted by molar-refractivity contribution is 6.05. The van der Waals surface area contributed by atoms with Crippen LogP contribution in [0, 0.1) is 17.6 Å². The van der Waals surface area contributed by atoms with Crippen LogP contribution in [0.25, 0.3) is 32.8 Å². The van der Waals surface area contributed by atoms with E-state index >= 15 is 8.78 Å². The molecule has 4 fully saturated rings. The molecule has 3 saturated heterocycles. The minimum Gasteiger partial charge on any atom is -0.508 e. The zero-order valence-corrected chi connectivity index (χ0v) is 26.1. The molecule has 0 spiro atoms. The molecule has 5 heterocycles. The van der Waals surface area contributed by atoms with Crippen molar-refractivity contribution < 1.29 is 27.8 Å². The predicted octanol–water partition coefficient (Wildman–Crippen LogP) is 6.12. The van der Waals surface area contributed by atoms with E-state index in [2.05, 4.69) is 20.5 Å². The van der Waals surface area contributed by atoms with Crippen molar-refractivity contribution in [3.05, 3.63) is 47.5 Å². The number of nitrogens with one attached hydrogen (secondary N) is 2. The topological polar surface area (TPSA) is 91.8 Å². The molecule has 1 aliphatic carbocycles. The van der Waals surface area contributed by atoms with Gasteiger partial charge in [-0.15, -0.1) is 0 Å². The van der Waals surface area contributed by atoms with Gasteiger partial charge < -0.3 is 30.1 Å². The van der Waals surface area contributed by atoms with Gasteiger partial charge in [-0.1, -0.05) is 18.2 Å². The van der Waals surface area contributed by atoms with Crippen LogP contribution in [0.4, 0.5) is 19.0 Å². The molecule has 246 valence electrons. The van der Waals surface area contributed by atoms with Crippen LogP contribution >= 0.6 is 0 Å². The maximum atomic E-state index is 17.2. The first-order chi connectivity index (χ1) is 22.9. The van der Waals surface area contributed by atoms with E-state index in [1.165, 1.54) is 6.07 Å². The second-order valence-corrected chi connectivity index (χ2v) is 14.0. The summed E-state index contributed by atoms with van der Waals surface area (Å²) < 4.78 is 61.2. The molecule has 4 aliphatic heterocycles. The molecule has 0 radical (unpaired) electrons. The largest absolute Gasteiger partial charge is 0.508 e. The van der Waals surface area contributed by atoms with Gasteiger partial charge in [0.2, 0.25) is 0 Å². The number of hydrogen-bond acceptors (Lipinski definition) is 8. The summed E-state index contributed by atoms with van der Waals surface area (Å²) >= 11 is 0. The standard InChI is InChI=1S/C36H38F3N5O3/c37-21-11-18(3-2-10-40-14-21)16-47-36-42-33-30-34(46-17-27-26-9-8-22(41-26)15-44(27)35(30)43-36)32(39)29(31(33)38)25-13-23(45)12-20-4-1-5-24(28(20)25)19-6-7-19/h1,4-5,12-13,18-19,21-22,26-27,40-41,45H,2-3,6-11,14-17H2/t18-,21+,22?,26?,27?/m0/s1. The average Bonchev–Trinajstić information content (AvgIpc) is 3.85. The number of nitrogens with zero attached hydrogens (tertiary/aromatic N) is 3. The number of hydrogen-bond donors (Lipinski definition) is 3. The Morgan fingerprint density at radius 1 is 1.04 bits per heavy atom. The van der Waals surface area contributed by atoms with Crippen molar-refractivity contribution in [3.63, 3.8) is 0 Å².